The van der Waals surface area contributed by atoms with E-state index in [-0.39, 0.29) is 5.91 Å². The average Bonchev–Trinajstić information content (AvgIpc) is 2.59. The zero-order chi connectivity index (χ0) is 10.8. The van der Waals surface area contributed by atoms with Crippen LogP contribution < -0.4 is 15.2 Å². The third-order valence-corrected chi connectivity index (χ3v) is 2.28. The first kappa shape index (κ1) is 9.58. The van der Waals surface area contributed by atoms with E-state index in [2.05, 4.69) is 12.0 Å². The number of hydrogen-bond donors (Lipinski definition) is 1. The molecule has 0 saturated carbocycles. The number of amides is 1. The van der Waals surface area contributed by atoms with Gasteiger partial charge in [0.05, 0.1) is 19.3 Å². The lowest BCUT2D eigenvalue weighted by atomic mass is 10.2. The van der Waals surface area contributed by atoms with E-state index in [1.165, 1.54) is 0 Å². The highest BCUT2D eigenvalue weighted by molar-refractivity contribution is 5.98. The lowest BCUT2D eigenvalue weighted by Crippen LogP contribution is -2.33. The molecule has 1 aliphatic heterocycles. The van der Waals surface area contributed by atoms with Crippen LogP contribution in [-0.2, 0) is 4.79 Å². The van der Waals surface area contributed by atoms with Gasteiger partial charge in [-0.05, 0) is 12.1 Å². The molecule has 4 heteroatoms. The molecular weight excluding hydrogens is 192 g/mol. The number of benzene rings is 1. The van der Waals surface area contributed by atoms with Crippen LogP contribution in [0.5, 0.6) is 5.75 Å². The smallest absolute Gasteiger partial charge is 0.267 e. The van der Waals surface area contributed by atoms with Crippen molar-refractivity contribution in [3.05, 3.63) is 36.4 Å². The maximum Gasteiger partial charge on any atom is 0.267 e. The number of rotatable bonds is 2. The van der Waals surface area contributed by atoms with Crippen LogP contribution in [0.2, 0.25) is 0 Å². The normalized spacial score (nSPS) is 15.4. The highest BCUT2D eigenvalue weighted by Gasteiger charge is 2.24. The molecule has 0 aliphatic carbocycles. The first-order chi connectivity index (χ1) is 7.22. The number of hydrogen-bond acceptors (Lipinski definition) is 3. The molecule has 0 atom stereocenters. The first-order valence-corrected chi connectivity index (χ1v) is 4.61. The minimum atomic E-state index is -0.138. The molecule has 0 aromatic heterocycles. The Hall–Kier alpha value is -1.97. The molecule has 1 amide bonds. The lowest BCUT2D eigenvalue weighted by molar-refractivity contribution is -0.116. The number of ether oxygens (including phenoxy) is 1. The van der Waals surface area contributed by atoms with Crippen molar-refractivity contribution >= 4 is 11.6 Å². The van der Waals surface area contributed by atoms with Gasteiger partial charge in [0.1, 0.15) is 5.75 Å². The first-order valence-electron chi connectivity index (χ1n) is 4.61. The molecule has 0 radical (unpaired) electrons. The van der Waals surface area contributed by atoms with E-state index in [0.717, 1.165) is 11.4 Å². The van der Waals surface area contributed by atoms with Crippen molar-refractivity contribution in [1.29, 1.82) is 0 Å². The topological polar surface area (TPSA) is 41.6 Å². The fraction of sp³-hybridized carbons (Fsp3) is 0.182. The van der Waals surface area contributed by atoms with Gasteiger partial charge in [-0.1, -0.05) is 18.7 Å². The molecule has 1 heterocycles. The van der Waals surface area contributed by atoms with Crippen molar-refractivity contribution in [2.75, 3.05) is 18.7 Å². The molecular formula is C11H12N2O2. The number of anilines is 1. The van der Waals surface area contributed by atoms with Gasteiger partial charge in [0.15, 0.2) is 0 Å². The summed E-state index contributed by atoms with van der Waals surface area (Å²) in [6, 6.07) is 7.51. The van der Waals surface area contributed by atoms with Crippen molar-refractivity contribution in [3.8, 4) is 5.75 Å². The summed E-state index contributed by atoms with van der Waals surface area (Å²) in [7, 11) is 1.60. The van der Waals surface area contributed by atoms with E-state index in [0.29, 0.717) is 12.1 Å². The van der Waals surface area contributed by atoms with Gasteiger partial charge in [0.2, 0.25) is 0 Å². The van der Waals surface area contributed by atoms with Crippen LogP contribution in [-0.4, -0.2) is 19.6 Å². The van der Waals surface area contributed by atoms with Gasteiger partial charge in [0, 0.05) is 5.57 Å². The van der Waals surface area contributed by atoms with Crippen LogP contribution in [0.4, 0.5) is 5.69 Å². The number of nitrogens with one attached hydrogen (secondary N) is 1. The highest BCUT2D eigenvalue weighted by atomic mass is 16.5. The van der Waals surface area contributed by atoms with Crippen LogP contribution in [0, 0.1) is 0 Å². The minimum Gasteiger partial charge on any atom is -0.495 e. The van der Waals surface area contributed by atoms with Crippen molar-refractivity contribution < 1.29 is 9.53 Å². The van der Waals surface area contributed by atoms with Gasteiger partial charge < -0.3 is 4.74 Å². The SMILES string of the molecule is C=C1CN(c2ccccc2OC)NC1=O. The zero-order valence-electron chi connectivity index (χ0n) is 8.49. The third-order valence-electron chi connectivity index (χ3n) is 2.28. The maximum absolute atomic E-state index is 11.3. The predicted octanol–water partition coefficient (Wildman–Crippen LogP) is 1.10. The monoisotopic (exact) mass is 204 g/mol. The number of nitrogens with zero attached hydrogens (tertiary/aromatic N) is 1. The molecule has 78 valence electrons. The van der Waals surface area contributed by atoms with Crippen molar-refractivity contribution in [2.45, 2.75) is 0 Å². The van der Waals surface area contributed by atoms with Crippen molar-refractivity contribution in [2.24, 2.45) is 0 Å². The number of methoxy groups -OCH3 is 1. The highest BCUT2D eigenvalue weighted by Crippen LogP contribution is 2.28. The van der Waals surface area contributed by atoms with Crippen LogP contribution in [0.3, 0.4) is 0 Å². The Bertz CT molecular complexity index is 399. The summed E-state index contributed by atoms with van der Waals surface area (Å²) < 4.78 is 5.21. The standard InChI is InChI=1S/C11H12N2O2/c1-8-7-13(12-11(8)14)9-5-3-4-6-10(9)15-2/h3-6H,1,7H2,2H3,(H,12,14). The molecule has 1 aromatic carbocycles. The molecule has 1 N–H and O–H groups in total. The van der Waals surface area contributed by atoms with Crippen LogP contribution in [0.1, 0.15) is 0 Å². The second kappa shape index (κ2) is 3.65. The third kappa shape index (κ3) is 1.66. The summed E-state index contributed by atoms with van der Waals surface area (Å²) in [5.74, 6) is 0.591. The quantitative estimate of drug-likeness (QED) is 0.733. The number of para-hydroxylation sites is 2. The predicted molar refractivity (Wildman–Crippen MR) is 57.6 cm³/mol. The fourth-order valence-corrected chi connectivity index (χ4v) is 1.50. The summed E-state index contributed by atoms with van der Waals surface area (Å²) >= 11 is 0. The lowest BCUT2D eigenvalue weighted by Gasteiger charge is -2.19. The Labute approximate surface area is 88.1 Å². The maximum atomic E-state index is 11.3. The summed E-state index contributed by atoms with van der Waals surface area (Å²) in [5.41, 5.74) is 4.11. The summed E-state index contributed by atoms with van der Waals surface area (Å²) in [6.45, 7) is 4.16. The van der Waals surface area contributed by atoms with Gasteiger partial charge in [-0.15, -0.1) is 0 Å². The Morgan fingerprint density at radius 2 is 2.20 bits per heavy atom. The summed E-state index contributed by atoms with van der Waals surface area (Å²) in [6.07, 6.45) is 0. The summed E-state index contributed by atoms with van der Waals surface area (Å²) in [5, 5.41) is 1.73. The number of carbonyl (C=O) groups is 1. The molecule has 1 fully saturated rings. The Balaban J connectivity index is 2.30. The number of hydrazine groups is 1. The zero-order valence-corrected chi connectivity index (χ0v) is 8.49. The minimum absolute atomic E-state index is 0.138. The van der Waals surface area contributed by atoms with Crippen LogP contribution in [0.25, 0.3) is 0 Å². The van der Waals surface area contributed by atoms with E-state index in [1.807, 2.05) is 24.3 Å². The molecule has 1 aromatic rings. The molecule has 15 heavy (non-hydrogen) atoms. The number of carbonyl (C=O) groups excluding carboxylic acids is 1. The summed E-state index contributed by atoms with van der Waals surface area (Å²) in [4.78, 5) is 11.3. The Kier molecular flexibility index (Phi) is 2.33. The fourth-order valence-electron chi connectivity index (χ4n) is 1.50. The van der Waals surface area contributed by atoms with Gasteiger partial charge in [0.25, 0.3) is 5.91 Å². The average molecular weight is 204 g/mol. The van der Waals surface area contributed by atoms with Crippen molar-refractivity contribution in [1.82, 2.24) is 5.43 Å². The molecule has 0 bridgehead atoms. The van der Waals surface area contributed by atoms with E-state index in [9.17, 15) is 4.79 Å². The molecule has 1 aliphatic rings. The van der Waals surface area contributed by atoms with E-state index in [4.69, 9.17) is 4.74 Å². The second-order valence-corrected chi connectivity index (χ2v) is 3.30. The largest absolute Gasteiger partial charge is 0.495 e. The van der Waals surface area contributed by atoms with Crippen LogP contribution >= 0.6 is 0 Å². The van der Waals surface area contributed by atoms with Gasteiger partial charge in [-0.3, -0.25) is 15.2 Å². The van der Waals surface area contributed by atoms with Gasteiger partial charge in [-0.25, -0.2) is 0 Å². The van der Waals surface area contributed by atoms with Gasteiger partial charge in [-0.2, -0.15) is 0 Å². The Morgan fingerprint density at radius 3 is 2.80 bits per heavy atom. The van der Waals surface area contributed by atoms with E-state index in [1.54, 1.807) is 12.1 Å². The van der Waals surface area contributed by atoms with Crippen molar-refractivity contribution in [3.63, 3.8) is 0 Å². The van der Waals surface area contributed by atoms with Gasteiger partial charge >= 0.3 is 0 Å². The molecule has 2 rings (SSSR count). The molecule has 4 nitrogen and oxygen atoms in total. The van der Waals surface area contributed by atoms with Crippen LogP contribution in [0.15, 0.2) is 36.4 Å². The second-order valence-electron chi connectivity index (χ2n) is 3.30. The molecule has 0 unspecified atom stereocenters. The van der Waals surface area contributed by atoms with E-state index < -0.39 is 0 Å². The Morgan fingerprint density at radius 1 is 1.47 bits per heavy atom. The van der Waals surface area contributed by atoms with E-state index >= 15 is 0 Å². The molecule has 1 saturated heterocycles. The molecule has 0 spiro atoms.